The molecule has 0 bridgehead atoms. The predicted molar refractivity (Wildman–Crippen MR) is 56.6 cm³/mol. The van der Waals surface area contributed by atoms with Crippen molar-refractivity contribution in [2.24, 2.45) is 5.92 Å². The molecule has 0 radical (unpaired) electrons. The summed E-state index contributed by atoms with van der Waals surface area (Å²) in [7, 11) is 4.01. The van der Waals surface area contributed by atoms with Crippen LogP contribution < -0.4 is 0 Å². The van der Waals surface area contributed by atoms with Gasteiger partial charge in [-0.1, -0.05) is 6.92 Å². The van der Waals surface area contributed by atoms with E-state index in [1.54, 1.807) is 0 Å². The number of H-pyrrole nitrogens is 1. The average molecular weight is 191 g/mol. The van der Waals surface area contributed by atoms with Crippen molar-refractivity contribution in [3.63, 3.8) is 0 Å². The van der Waals surface area contributed by atoms with Crippen LogP contribution in [0.15, 0.2) is 18.3 Å². The SMILES string of the molecule is CCC(C#N)C(c1ccc[nH]1)N(C)C. The number of nitrogens with one attached hydrogen (secondary N) is 1. The molecule has 76 valence electrons. The molecule has 1 rings (SSSR count). The van der Waals surface area contributed by atoms with Gasteiger partial charge in [0.05, 0.1) is 18.0 Å². The van der Waals surface area contributed by atoms with E-state index >= 15 is 0 Å². The maximum absolute atomic E-state index is 9.05. The van der Waals surface area contributed by atoms with Crippen molar-refractivity contribution in [1.29, 1.82) is 5.26 Å². The Morgan fingerprint density at radius 2 is 2.29 bits per heavy atom. The van der Waals surface area contributed by atoms with Gasteiger partial charge in [-0.25, -0.2) is 0 Å². The lowest BCUT2D eigenvalue weighted by Crippen LogP contribution is -2.26. The number of nitrogens with zero attached hydrogens (tertiary/aromatic N) is 2. The van der Waals surface area contributed by atoms with E-state index in [-0.39, 0.29) is 12.0 Å². The Kier molecular flexibility index (Phi) is 3.73. The molecule has 0 saturated heterocycles. The Hall–Kier alpha value is -1.27. The summed E-state index contributed by atoms with van der Waals surface area (Å²) in [4.78, 5) is 5.26. The van der Waals surface area contributed by atoms with Gasteiger partial charge < -0.3 is 4.98 Å². The summed E-state index contributed by atoms with van der Waals surface area (Å²) in [5.41, 5.74) is 1.11. The zero-order valence-electron chi connectivity index (χ0n) is 8.99. The van der Waals surface area contributed by atoms with Gasteiger partial charge in [0.15, 0.2) is 0 Å². The first-order chi connectivity index (χ1) is 6.70. The molecule has 3 heteroatoms. The van der Waals surface area contributed by atoms with Crippen LogP contribution in [0.2, 0.25) is 0 Å². The van der Waals surface area contributed by atoms with Gasteiger partial charge in [-0.3, -0.25) is 4.90 Å². The van der Waals surface area contributed by atoms with Crippen LogP contribution in [0.4, 0.5) is 0 Å². The third kappa shape index (κ3) is 2.15. The number of nitriles is 1. The van der Waals surface area contributed by atoms with Crippen LogP contribution in [0.25, 0.3) is 0 Å². The molecule has 0 aliphatic carbocycles. The molecule has 0 fully saturated rings. The average Bonchev–Trinajstić information content (AvgIpc) is 2.65. The minimum atomic E-state index is 0.0450. The molecule has 1 heterocycles. The van der Waals surface area contributed by atoms with Crippen molar-refractivity contribution in [3.05, 3.63) is 24.0 Å². The minimum Gasteiger partial charge on any atom is -0.364 e. The summed E-state index contributed by atoms with van der Waals surface area (Å²) in [6, 6.07) is 6.53. The molecule has 0 aliphatic rings. The van der Waals surface area contributed by atoms with Crippen molar-refractivity contribution in [2.45, 2.75) is 19.4 Å². The molecule has 0 spiro atoms. The molecular weight excluding hydrogens is 174 g/mol. The lowest BCUT2D eigenvalue weighted by Gasteiger charge is -2.26. The number of hydrogen-bond donors (Lipinski definition) is 1. The second kappa shape index (κ2) is 4.83. The minimum absolute atomic E-state index is 0.0450. The van der Waals surface area contributed by atoms with Crippen LogP contribution in [-0.2, 0) is 0 Å². The third-order valence-corrected chi connectivity index (χ3v) is 2.48. The summed E-state index contributed by atoms with van der Waals surface area (Å²) in [5.74, 6) is 0.0450. The van der Waals surface area contributed by atoms with Gasteiger partial charge in [-0.2, -0.15) is 5.26 Å². The standard InChI is InChI=1S/C11H17N3/c1-4-9(8-12)11(14(2)3)10-6-5-7-13-10/h5-7,9,11,13H,4H2,1-3H3. The van der Waals surface area contributed by atoms with E-state index < -0.39 is 0 Å². The lowest BCUT2D eigenvalue weighted by molar-refractivity contribution is 0.237. The fraction of sp³-hybridized carbons (Fsp3) is 0.545. The second-order valence-corrected chi connectivity index (χ2v) is 3.68. The number of aromatic nitrogens is 1. The number of rotatable bonds is 4. The molecule has 1 aromatic heterocycles. The third-order valence-electron chi connectivity index (χ3n) is 2.48. The maximum atomic E-state index is 9.05. The smallest absolute Gasteiger partial charge is 0.0676 e. The van der Waals surface area contributed by atoms with Gasteiger partial charge in [-0.15, -0.1) is 0 Å². The Morgan fingerprint density at radius 1 is 1.57 bits per heavy atom. The fourth-order valence-corrected chi connectivity index (χ4v) is 1.77. The molecule has 1 N–H and O–H groups in total. The highest BCUT2D eigenvalue weighted by molar-refractivity contribution is 5.13. The molecule has 14 heavy (non-hydrogen) atoms. The Balaban J connectivity index is 2.91. The Labute approximate surface area is 85.3 Å². The van der Waals surface area contributed by atoms with Crippen molar-refractivity contribution in [1.82, 2.24) is 9.88 Å². The molecule has 3 nitrogen and oxygen atoms in total. The van der Waals surface area contributed by atoms with Crippen LogP contribution in [-0.4, -0.2) is 24.0 Å². The van der Waals surface area contributed by atoms with E-state index in [1.165, 1.54) is 0 Å². The van der Waals surface area contributed by atoms with E-state index in [4.69, 9.17) is 5.26 Å². The monoisotopic (exact) mass is 191 g/mol. The van der Waals surface area contributed by atoms with Crippen LogP contribution in [0, 0.1) is 17.2 Å². The lowest BCUT2D eigenvalue weighted by atomic mass is 9.95. The van der Waals surface area contributed by atoms with Gasteiger partial charge in [0, 0.05) is 11.9 Å². The van der Waals surface area contributed by atoms with E-state index in [0.717, 1.165) is 12.1 Å². The van der Waals surface area contributed by atoms with E-state index in [1.807, 2.05) is 39.3 Å². The van der Waals surface area contributed by atoms with Crippen molar-refractivity contribution < 1.29 is 0 Å². The summed E-state index contributed by atoms with van der Waals surface area (Å²) < 4.78 is 0. The molecule has 1 aromatic rings. The molecular formula is C11H17N3. The molecule has 0 aromatic carbocycles. The normalized spacial score (nSPS) is 15.1. The quantitative estimate of drug-likeness (QED) is 0.792. The maximum Gasteiger partial charge on any atom is 0.0676 e. The van der Waals surface area contributed by atoms with Crippen LogP contribution in [0.3, 0.4) is 0 Å². The zero-order valence-corrected chi connectivity index (χ0v) is 8.99. The van der Waals surface area contributed by atoms with Gasteiger partial charge in [0.1, 0.15) is 0 Å². The molecule has 2 unspecified atom stereocenters. The summed E-state index contributed by atoms with van der Waals surface area (Å²) in [6.45, 7) is 2.05. The van der Waals surface area contributed by atoms with E-state index in [9.17, 15) is 0 Å². The number of aromatic amines is 1. The molecule has 0 saturated carbocycles. The Bertz CT molecular complexity index is 295. The first-order valence-electron chi connectivity index (χ1n) is 4.90. The first-order valence-corrected chi connectivity index (χ1v) is 4.90. The predicted octanol–water partition coefficient (Wildman–Crippen LogP) is 2.17. The fourth-order valence-electron chi connectivity index (χ4n) is 1.77. The van der Waals surface area contributed by atoms with Crippen LogP contribution in [0.5, 0.6) is 0 Å². The zero-order chi connectivity index (χ0) is 10.6. The van der Waals surface area contributed by atoms with Crippen molar-refractivity contribution >= 4 is 0 Å². The highest BCUT2D eigenvalue weighted by atomic mass is 15.1. The Morgan fingerprint density at radius 3 is 2.64 bits per heavy atom. The second-order valence-electron chi connectivity index (χ2n) is 3.68. The van der Waals surface area contributed by atoms with Crippen molar-refractivity contribution in [2.75, 3.05) is 14.1 Å². The van der Waals surface area contributed by atoms with E-state index in [0.29, 0.717) is 0 Å². The van der Waals surface area contributed by atoms with Gasteiger partial charge in [0.2, 0.25) is 0 Å². The molecule has 0 aliphatic heterocycles. The number of hydrogen-bond acceptors (Lipinski definition) is 2. The van der Waals surface area contributed by atoms with Crippen LogP contribution >= 0.6 is 0 Å². The molecule has 0 amide bonds. The van der Waals surface area contributed by atoms with Crippen LogP contribution in [0.1, 0.15) is 25.1 Å². The highest BCUT2D eigenvalue weighted by Gasteiger charge is 2.24. The van der Waals surface area contributed by atoms with Gasteiger partial charge in [0.25, 0.3) is 0 Å². The highest BCUT2D eigenvalue weighted by Crippen LogP contribution is 2.27. The summed E-state index contributed by atoms with van der Waals surface area (Å²) >= 11 is 0. The van der Waals surface area contributed by atoms with Gasteiger partial charge >= 0.3 is 0 Å². The largest absolute Gasteiger partial charge is 0.364 e. The molecule has 2 atom stereocenters. The summed E-state index contributed by atoms with van der Waals surface area (Å²) in [5, 5.41) is 9.05. The van der Waals surface area contributed by atoms with Gasteiger partial charge in [-0.05, 0) is 32.6 Å². The topological polar surface area (TPSA) is 42.8 Å². The summed E-state index contributed by atoms with van der Waals surface area (Å²) in [6.07, 6.45) is 2.77. The van der Waals surface area contributed by atoms with Crippen molar-refractivity contribution in [3.8, 4) is 6.07 Å². The van der Waals surface area contributed by atoms with E-state index in [2.05, 4.69) is 16.0 Å². The first kappa shape index (κ1) is 10.8.